The Hall–Kier alpha value is -2.80. The molecule has 4 rings (SSSR count). The summed E-state index contributed by atoms with van der Waals surface area (Å²) in [7, 11) is 3.99. The predicted molar refractivity (Wildman–Crippen MR) is 134 cm³/mol. The van der Waals surface area contributed by atoms with Crippen LogP contribution in [-0.4, -0.2) is 69.2 Å². The molecule has 1 atom stereocenters. The Balaban J connectivity index is 1.29. The summed E-state index contributed by atoms with van der Waals surface area (Å²) in [5.74, 6) is 1.86. The molecule has 0 radical (unpaired) electrons. The summed E-state index contributed by atoms with van der Waals surface area (Å²) < 4.78 is 0. The maximum atomic E-state index is 4.69. The minimum absolute atomic E-state index is 0.168. The number of benzene rings is 1. The highest BCUT2D eigenvalue weighted by Crippen LogP contribution is 2.24. The zero-order valence-corrected chi connectivity index (χ0v) is 19.7. The van der Waals surface area contributed by atoms with Crippen LogP contribution in [0, 0.1) is 0 Å². The van der Waals surface area contributed by atoms with Crippen molar-refractivity contribution >= 4 is 17.5 Å². The van der Waals surface area contributed by atoms with E-state index >= 15 is 0 Å². The maximum absolute atomic E-state index is 4.69. The quantitative estimate of drug-likeness (QED) is 0.538. The van der Waals surface area contributed by atoms with Crippen LogP contribution in [0.15, 0.2) is 47.6 Å². The molecular weight excluding hydrogens is 398 g/mol. The standard InChI is InChI=1S/C25H37N7/c1-20(22-7-6-8-23(17-22)31-11-4-5-12-31)29-25(26-2)28-19-21-9-10-24(27-18-21)32-15-13-30(3)14-16-32/h6-10,17-18,20H,4-5,11-16,19H2,1-3H3,(H2,26,28,29). The number of rotatable bonds is 6. The normalized spacial score (nSPS) is 18.7. The Kier molecular flexibility index (Phi) is 7.47. The number of nitrogens with zero attached hydrogens (tertiary/aromatic N) is 5. The third kappa shape index (κ3) is 5.71. The van der Waals surface area contributed by atoms with E-state index in [9.17, 15) is 0 Å². The second kappa shape index (κ2) is 10.7. The molecule has 2 fully saturated rings. The monoisotopic (exact) mass is 435 g/mol. The summed E-state index contributed by atoms with van der Waals surface area (Å²) in [5, 5.41) is 6.95. The summed E-state index contributed by atoms with van der Waals surface area (Å²) in [6.45, 7) is 9.45. The van der Waals surface area contributed by atoms with Crippen LogP contribution < -0.4 is 20.4 Å². The van der Waals surface area contributed by atoms with Gasteiger partial charge in [-0.3, -0.25) is 4.99 Å². The molecule has 1 aromatic heterocycles. The zero-order chi connectivity index (χ0) is 22.3. The van der Waals surface area contributed by atoms with Crippen molar-refractivity contribution in [2.24, 2.45) is 4.99 Å². The van der Waals surface area contributed by atoms with Gasteiger partial charge >= 0.3 is 0 Å². The Labute approximate surface area is 192 Å². The second-order valence-corrected chi connectivity index (χ2v) is 8.90. The second-order valence-electron chi connectivity index (χ2n) is 8.90. The SMILES string of the molecule is CN=C(NCc1ccc(N2CCN(C)CC2)nc1)NC(C)c1cccc(N2CCCC2)c1. The van der Waals surface area contributed by atoms with Gasteiger partial charge < -0.3 is 25.3 Å². The molecule has 0 amide bonds. The highest BCUT2D eigenvalue weighted by atomic mass is 15.3. The topological polar surface area (TPSA) is 59.0 Å². The van der Waals surface area contributed by atoms with E-state index in [1.165, 1.54) is 24.1 Å². The highest BCUT2D eigenvalue weighted by molar-refractivity contribution is 5.80. The van der Waals surface area contributed by atoms with Gasteiger partial charge in [-0.05, 0) is 56.1 Å². The van der Waals surface area contributed by atoms with Crippen LogP contribution in [0.1, 0.15) is 36.9 Å². The number of nitrogens with one attached hydrogen (secondary N) is 2. The minimum atomic E-state index is 0.168. The molecule has 7 heteroatoms. The van der Waals surface area contributed by atoms with E-state index < -0.39 is 0 Å². The van der Waals surface area contributed by atoms with Crippen molar-refractivity contribution in [3.8, 4) is 0 Å². The molecule has 32 heavy (non-hydrogen) atoms. The smallest absolute Gasteiger partial charge is 0.191 e. The number of hydrogen-bond acceptors (Lipinski definition) is 5. The lowest BCUT2D eigenvalue weighted by molar-refractivity contribution is 0.312. The number of aromatic nitrogens is 1. The summed E-state index contributed by atoms with van der Waals surface area (Å²) >= 11 is 0. The van der Waals surface area contributed by atoms with E-state index in [0.29, 0.717) is 6.54 Å². The molecule has 172 valence electrons. The van der Waals surface area contributed by atoms with Gasteiger partial charge in [-0.2, -0.15) is 0 Å². The van der Waals surface area contributed by atoms with Crippen molar-refractivity contribution in [2.75, 3.05) is 63.2 Å². The molecule has 1 unspecified atom stereocenters. The molecule has 2 aliphatic heterocycles. The Morgan fingerprint density at radius 3 is 2.50 bits per heavy atom. The average molecular weight is 436 g/mol. The van der Waals surface area contributed by atoms with Crippen molar-refractivity contribution in [1.82, 2.24) is 20.5 Å². The highest BCUT2D eigenvalue weighted by Gasteiger charge is 2.16. The van der Waals surface area contributed by atoms with Crippen LogP contribution in [0.4, 0.5) is 11.5 Å². The molecule has 0 bridgehead atoms. The van der Waals surface area contributed by atoms with E-state index in [-0.39, 0.29) is 6.04 Å². The number of pyridine rings is 1. The Bertz CT molecular complexity index is 881. The fraction of sp³-hybridized carbons (Fsp3) is 0.520. The summed E-state index contributed by atoms with van der Waals surface area (Å²) in [5.41, 5.74) is 3.74. The molecule has 0 aliphatic carbocycles. The van der Waals surface area contributed by atoms with Gasteiger partial charge in [0.2, 0.25) is 0 Å². The van der Waals surface area contributed by atoms with Crippen molar-refractivity contribution in [2.45, 2.75) is 32.4 Å². The first-order valence-corrected chi connectivity index (χ1v) is 11.8. The Morgan fingerprint density at radius 2 is 1.81 bits per heavy atom. The lowest BCUT2D eigenvalue weighted by Gasteiger charge is -2.33. The molecule has 0 saturated carbocycles. The first-order chi connectivity index (χ1) is 15.6. The molecular formula is C25H37N7. The molecule has 1 aromatic carbocycles. The van der Waals surface area contributed by atoms with Crippen LogP contribution in [0.5, 0.6) is 0 Å². The Morgan fingerprint density at radius 1 is 1.03 bits per heavy atom. The average Bonchev–Trinajstić information content (AvgIpc) is 3.38. The number of aliphatic imine (C=N–C) groups is 1. The number of hydrogen-bond donors (Lipinski definition) is 2. The van der Waals surface area contributed by atoms with Gasteiger partial charge in [0, 0.05) is 64.7 Å². The molecule has 2 aromatic rings. The molecule has 2 saturated heterocycles. The van der Waals surface area contributed by atoms with Crippen LogP contribution in [-0.2, 0) is 6.54 Å². The van der Waals surface area contributed by atoms with Gasteiger partial charge in [-0.15, -0.1) is 0 Å². The third-order valence-electron chi connectivity index (χ3n) is 6.51. The van der Waals surface area contributed by atoms with Gasteiger partial charge in [0.25, 0.3) is 0 Å². The lowest BCUT2D eigenvalue weighted by atomic mass is 10.1. The third-order valence-corrected chi connectivity index (χ3v) is 6.51. The van der Waals surface area contributed by atoms with Crippen molar-refractivity contribution in [1.29, 1.82) is 0 Å². The van der Waals surface area contributed by atoms with Crippen LogP contribution in [0.2, 0.25) is 0 Å². The number of piperazine rings is 1. The summed E-state index contributed by atoms with van der Waals surface area (Å²) in [6, 6.07) is 13.3. The van der Waals surface area contributed by atoms with Gasteiger partial charge in [-0.25, -0.2) is 4.98 Å². The van der Waals surface area contributed by atoms with E-state index in [1.54, 1.807) is 0 Å². The number of likely N-dealkylation sites (N-methyl/N-ethyl adjacent to an activating group) is 1. The molecule has 2 aliphatic rings. The first kappa shape index (κ1) is 22.4. The lowest BCUT2D eigenvalue weighted by Crippen LogP contribution is -2.44. The van der Waals surface area contributed by atoms with Gasteiger partial charge in [0.15, 0.2) is 5.96 Å². The number of anilines is 2. The largest absolute Gasteiger partial charge is 0.372 e. The zero-order valence-electron chi connectivity index (χ0n) is 19.7. The van der Waals surface area contributed by atoms with Crippen molar-refractivity contribution in [3.05, 3.63) is 53.7 Å². The molecule has 3 heterocycles. The first-order valence-electron chi connectivity index (χ1n) is 11.8. The minimum Gasteiger partial charge on any atom is -0.372 e. The van der Waals surface area contributed by atoms with Gasteiger partial charge in [-0.1, -0.05) is 18.2 Å². The number of guanidine groups is 1. The summed E-state index contributed by atoms with van der Waals surface area (Å²) in [6.07, 6.45) is 4.55. The van der Waals surface area contributed by atoms with Crippen LogP contribution >= 0.6 is 0 Å². The van der Waals surface area contributed by atoms with Crippen LogP contribution in [0.25, 0.3) is 0 Å². The van der Waals surface area contributed by atoms with Crippen molar-refractivity contribution < 1.29 is 0 Å². The van der Waals surface area contributed by atoms with E-state index in [4.69, 9.17) is 0 Å². The molecule has 7 nitrogen and oxygen atoms in total. The van der Waals surface area contributed by atoms with E-state index in [1.807, 2.05) is 13.2 Å². The summed E-state index contributed by atoms with van der Waals surface area (Å²) in [4.78, 5) is 16.3. The fourth-order valence-electron chi connectivity index (χ4n) is 4.38. The van der Waals surface area contributed by atoms with Crippen molar-refractivity contribution in [3.63, 3.8) is 0 Å². The fourth-order valence-corrected chi connectivity index (χ4v) is 4.38. The van der Waals surface area contributed by atoms with E-state index in [2.05, 4.69) is 85.7 Å². The van der Waals surface area contributed by atoms with Gasteiger partial charge in [0.05, 0.1) is 6.04 Å². The molecule has 0 spiro atoms. The molecule has 2 N–H and O–H groups in total. The van der Waals surface area contributed by atoms with E-state index in [0.717, 1.165) is 56.6 Å². The van der Waals surface area contributed by atoms with Gasteiger partial charge in [0.1, 0.15) is 5.82 Å². The van der Waals surface area contributed by atoms with Crippen LogP contribution in [0.3, 0.4) is 0 Å². The predicted octanol–water partition coefficient (Wildman–Crippen LogP) is 2.86. The maximum Gasteiger partial charge on any atom is 0.191 e.